The lowest BCUT2D eigenvalue weighted by Gasteiger charge is -2.40. The maximum absolute atomic E-state index is 3.65. The summed E-state index contributed by atoms with van der Waals surface area (Å²) >= 11 is 0. The first-order chi connectivity index (χ1) is 9.28. The van der Waals surface area contributed by atoms with E-state index in [4.69, 9.17) is 0 Å². The number of hydrogen-bond donors (Lipinski definition) is 1. The highest BCUT2D eigenvalue weighted by Crippen LogP contribution is 2.45. The molecule has 3 rings (SSSR count). The number of para-hydroxylation sites is 1. The summed E-state index contributed by atoms with van der Waals surface area (Å²) in [5, 5.41) is 3.65. The van der Waals surface area contributed by atoms with Crippen LogP contribution in [0.3, 0.4) is 0 Å². The largest absolute Gasteiger partial charge is 0.382 e. The molecule has 104 valence electrons. The first kappa shape index (κ1) is 13.0. The average molecular weight is 257 g/mol. The van der Waals surface area contributed by atoms with Gasteiger partial charge in [0.25, 0.3) is 0 Å². The monoisotopic (exact) mass is 257 g/mol. The molecule has 1 heterocycles. The third-order valence-corrected chi connectivity index (χ3v) is 5.34. The topological polar surface area (TPSA) is 12.0 Å². The van der Waals surface area contributed by atoms with Crippen molar-refractivity contribution in [2.24, 2.45) is 11.8 Å². The summed E-state index contributed by atoms with van der Waals surface area (Å²) in [5.41, 5.74) is 2.98. The first-order valence-electron chi connectivity index (χ1n) is 8.13. The van der Waals surface area contributed by atoms with Crippen LogP contribution in [0.4, 0.5) is 5.69 Å². The molecule has 0 amide bonds. The van der Waals surface area contributed by atoms with Gasteiger partial charge in [0.2, 0.25) is 0 Å². The van der Waals surface area contributed by atoms with Crippen LogP contribution in [0.5, 0.6) is 0 Å². The highest BCUT2D eigenvalue weighted by Gasteiger charge is 2.33. The zero-order valence-electron chi connectivity index (χ0n) is 12.4. The maximum Gasteiger partial charge on any atom is 0.0377 e. The SMILES string of the molecule is CCC1CCCC(C2CC(C)Nc3ccccc32)C1. The second-order valence-electron chi connectivity index (χ2n) is 6.68. The van der Waals surface area contributed by atoms with Gasteiger partial charge in [-0.1, -0.05) is 44.4 Å². The number of fused-ring (bicyclic) bond motifs is 1. The van der Waals surface area contributed by atoms with Crippen molar-refractivity contribution >= 4 is 5.69 Å². The van der Waals surface area contributed by atoms with Crippen molar-refractivity contribution in [1.29, 1.82) is 0 Å². The highest BCUT2D eigenvalue weighted by molar-refractivity contribution is 5.55. The minimum absolute atomic E-state index is 0.627. The van der Waals surface area contributed by atoms with Gasteiger partial charge >= 0.3 is 0 Å². The maximum atomic E-state index is 3.65. The minimum Gasteiger partial charge on any atom is -0.382 e. The molecule has 0 saturated heterocycles. The van der Waals surface area contributed by atoms with Gasteiger partial charge in [0, 0.05) is 11.7 Å². The van der Waals surface area contributed by atoms with Crippen LogP contribution in [0.2, 0.25) is 0 Å². The molecule has 1 N–H and O–H groups in total. The molecule has 0 bridgehead atoms. The molecule has 4 unspecified atom stereocenters. The molecule has 1 aliphatic carbocycles. The molecular formula is C18H27N. The van der Waals surface area contributed by atoms with Gasteiger partial charge in [-0.15, -0.1) is 0 Å². The molecule has 1 nitrogen and oxygen atoms in total. The molecule has 2 aliphatic rings. The predicted octanol–water partition coefficient (Wildman–Crippen LogP) is 5.19. The van der Waals surface area contributed by atoms with Gasteiger partial charge in [-0.2, -0.15) is 0 Å². The van der Waals surface area contributed by atoms with Crippen molar-refractivity contribution in [1.82, 2.24) is 0 Å². The number of anilines is 1. The van der Waals surface area contributed by atoms with Gasteiger partial charge in [-0.25, -0.2) is 0 Å². The molecule has 1 aromatic rings. The van der Waals surface area contributed by atoms with Gasteiger partial charge in [-0.3, -0.25) is 0 Å². The summed E-state index contributed by atoms with van der Waals surface area (Å²) in [4.78, 5) is 0. The summed E-state index contributed by atoms with van der Waals surface area (Å²) in [6.45, 7) is 4.70. The smallest absolute Gasteiger partial charge is 0.0377 e. The van der Waals surface area contributed by atoms with Crippen LogP contribution in [0, 0.1) is 11.8 Å². The molecule has 0 spiro atoms. The van der Waals surface area contributed by atoms with E-state index in [0.717, 1.165) is 17.8 Å². The van der Waals surface area contributed by atoms with E-state index in [2.05, 4.69) is 43.4 Å². The number of nitrogens with one attached hydrogen (secondary N) is 1. The van der Waals surface area contributed by atoms with Crippen LogP contribution in [-0.2, 0) is 0 Å². The fourth-order valence-electron chi connectivity index (χ4n) is 4.30. The molecule has 1 aromatic carbocycles. The second-order valence-corrected chi connectivity index (χ2v) is 6.68. The van der Waals surface area contributed by atoms with Crippen molar-refractivity contribution in [3.63, 3.8) is 0 Å². The van der Waals surface area contributed by atoms with E-state index >= 15 is 0 Å². The van der Waals surface area contributed by atoms with E-state index in [0.29, 0.717) is 6.04 Å². The molecule has 19 heavy (non-hydrogen) atoms. The molecule has 4 atom stereocenters. The summed E-state index contributed by atoms with van der Waals surface area (Å²) < 4.78 is 0. The van der Waals surface area contributed by atoms with Crippen LogP contribution in [0.15, 0.2) is 24.3 Å². The van der Waals surface area contributed by atoms with Crippen LogP contribution < -0.4 is 5.32 Å². The lowest BCUT2D eigenvalue weighted by molar-refractivity contribution is 0.218. The summed E-state index contributed by atoms with van der Waals surface area (Å²) in [7, 11) is 0. The van der Waals surface area contributed by atoms with Crippen LogP contribution in [0.25, 0.3) is 0 Å². The van der Waals surface area contributed by atoms with Gasteiger partial charge in [0.15, 0.2) is 0 Å². The summed E-state index contributed by atoms with van der Waals surface area (Å²) in [6.07, 6.45) is 8.51. The van der Waals surface area contributed by atoms with Crippen LogP contribution >= 0.6 is 0 Å². The summed E-state index contributed by atoms with van der Waals surface area (Å²) in [5.74, 6) is 2.70. The molecule has 1 aliphatic heterocycles. The Kier molecular flexibility index (Phi) is 3.81. The highest BCUT2D eigenvalue weighted by atomic mass is 14.9. The van der Waals surface area contributed by atoms with E-state index in [1.165, 1.54) is 44.2 Å². The van der Waals surface area contributed by atoms with E-state index in [-0.39, 0.29) is 0 Å². The molecule has 1 heteroatoms. The van der Waals surface area contributed by atoms with E-state index in [1.54, 1.807) is 5.56 Å². The average Bonchev–Trinajstić information content (AvgIpc) is 2.46. The van der Waals surface area contributed by atoms with Crippen molar-refractivity contribution in [2.45, 2.75) is 64.3 Å². The predicted molar refractivity (Wildman–Crippen MR) is 82.6 cm³/mol. The lowest BCUT2D eigenvalue weighted by atomic mass is 9.69. The molecule has 0 radical (unpaired) electrons. The zero-order chi connectivity index (χ0) is 13.2. The molecule has 1 saturated carbocycles. The summed E-state index contributed by atoms with van der Waals surface area (Å²) in [6, 6.07) is 9.62. The molecule has 1 fully saturated rings. The number of rotatable bonds is 2. The molecular weight excluding hydrogens is 230 g/mol. The Hall–Kier alpha value is -0.980. The van der Waals surface area contributed by atoms with Crippen molar-refractivity contribution in [2.75, 3.05) is 5.32 Å². The van der Waals surface area contributed by atoms with E-state index < -0.39 is 0 Å². The zero-order valence-corrected chi connectivity index (χ0v) is 12.4. The quantitative estimate of drug-likeness (QED) is 0.768. The van der Waals surface area contributed by atoms with Crippen molar-refractivity contribution in [3.8, 4) is 0 Å². The lowest BCUT2D eigenvalue weighted by Crippen LogP contribution is -2.31. The first-order valence-corrected chi connectivity index (χ1v) is 8.13. The fraction of sp³-hybridized carbons (Fsp3) is 0.667. The fourth-order valence-corrected chi connectivity index (χ4v) is 4.30. The Labute approximate surface area is 117 Å². The Balaban J connectivity index is 1.84. The number of hydrogen-bond acceptors (Lipinski definition) is 1. The van der Waals surface area contributed by atoms with Crippen molar-refractivity contribution in [3.05, 3.63) is 29.8 Å². The third-order valence-electron chi connectivity index (χ3n) is 5.34. The minimum atomic E-state index is 0.627. The Morgan fingerprint density at radius 3 is 2.84 bits per heavy atom. The van der Waals surface area contributed by atoms with E-state index in [9.17, 15) is 0 Å². The number of benzene rings is 1. The van der Waals surface area contributed by atoms with Crippen molar-refractivity contribution < 1.29 is 0 Å². The Bertz CT molecular complexity index is 425. The van der Waals surface area contributed by atoms with E-state index in [1.807, 2.05) is 0 Å². The van der Waals surface area contributed by atoms with Gasteiger partial charge in [0.1, 0.15) is 0 Å². The second kappa shape index (κ2) is 5.56. The normalized spacial score (nSPS) is 34.4. The Morgan fingerprint density at radius 2 is 2.00 bits per heavy atom. The van der Waals surface area contributed by atoms with Gasteiger partial charge < -0.3 is 5.32 Å². The van der Waals surface area contributed by atoms with Gasteiger partial charge in [0.05, 0.1) is 0 Å². The van der Waals surface area contributed by atoms with Crippen LogP contribution in [0.1, 0.15) is 63.9 Å². The molecule has 0 aromatic heterocycles. The Morgan fingerprint density at radius 1 is 1.16 bits per heavy atom. The standard InChI is InChI=1S/C18H27N/c1-3-14-7-6-8-15(12-14)17-11-13(2)19-18-10-5-4-9-16(17)18/h4-5,9-10,13-15,17,19H,3,6-8,11-12H2,1-2H3. The van der Waals surface area contributed by atoms with Crippen LogP contribution in [-0.4, -0.2) is 6.04 Å². The third kappa shape index (κ3) is 2.66. The van der Waals surface area contributed by atoms with Gasteiger partial charge in [-0.05, 0) is 55.6 Å².